The Morgan fingerprint density at radius 3 is 2.24 bits per heavy atom. The van der Waals surface area contributed by atoms with Gasteiger partial charge in [0.25, 0.3) is 5.91 Å². The van der Waals surface area contributed by atoms with Gasteiger partial charge in [0, 0.05) is 24.2 Å². The van der Waals surface area contributed by atoms with Crippen LogP contribution in [0.5, 0.6) is 5.75 Å². The highest BCUT2D eigenvalue weighted by atomic mass is 32.2. The van der Waals surface area contributed by atoms with Crippen LogP contribution in [0, 0.1) is 0 Å². The lowest BCUT2D eigenvalue weighted by Gasteiger charge is -2.18. The van der Waals surface area contributed by atoms with Gasteiger partial charge in [0.05, 0.1) is 10.5 Å². The summed E-state index contributed by atoms with van der Waals surface area (Å²) in [5, 5.41) is 3.30. The van der Waals surface area contributed by atoms with Gasteiger partial charge >= 0.3 is 5.97 Å². The summed E-state index contributed by atoms with van der Waals surface area (Å²) in [4.78, 5) is 25.4. The van der Waals surface area contributed by atoms with E-state index in [1.807, 2.05) is 30.3 Å². The molecule has 0 radical (unpaired) electrons. The molecule has 0 atom stereocenters. The number of anilines is 1. The maximum absolute atomic E-state index is 12.9. The van der Waals surface area contributed by atoms with Crippen molar-refractivity contribution >= 4 is 38.6 Å². The number of esters is 1. The smallest absolute Gasteiger partial charge is 0.375 e. The summed E-state index contributed by atoms with van der Waals surface area (Å²) in [5.74, 6) is -0.798. The number of nitrogens with zero attached hydrogens (tertiary/aromatic N) is 1. The number of benzene rings is 3. The van der Waals surface area contributed by atoms with E-state index in [0.29, 0.717) is 41.1 Å². The van der Waals surface area contributed by atoms with Gasteiger partial charge in [0.2, 0.25) is 15.8 Å². The Balaban J connectivity index is 1.40. The van der Waals surface area contributed by atoms with Crippen LogP contribution >= 0.6 is 0 Å². The van der Waals surface area contributed by atoms with Crippen molar-refractivity contribution in [1.29, 1.82) is 0 Å². The summed E-state index contributed by atoms with van der Waals surface area (Å²) >= 11 is 0. The molecule has 0 unspecified atom stereocenters. The number of nitrogens with one attached hydrogen (secondary N) is 1. The topological polar surface area (TPSA) is 115 Å². The molecule has 4 aromatic rings. The number of carbonyl (C=O) groups excluding carboxylic acids is 2. The molecule has 0 bridgehead atoms. The minimum absolute atomic E-state index is 0.0408. The SMILES string of the molecule is CCN(CC)S(=O)(=O)c1ccc(NC(=O)COC(=O)c2oc3ccccc3c2COc2ccccc2)cc1. The van der Waals surface area contributed by atoms with Crippen LogP contribution in [0.3, 0.4) is 0 Å². The fourth-order valence-electron chi connectivity index (χ4n) is 3.90. The summed E-state index contributed by atoms with van der Waals surface area (Å²) < 4.78 is 43.4. The number of hydrogen-bond donors (Lipinski definition) is 1. The third-order valence-electron chi connectivity index (χ3n) is 5.83. The second kappa shape index (κ2) is 11.9. The Bertz CT molecular complexity index is 1510. The lowest BCUT2D eigenvalue weighted by molar-refractivity contribution is -0.119. The van der Waals surface area contributed by atoms with Crippen LogP contribution in [-0.2, 0) is 26.2 Å². The zero-order valence-corrected chi connectivity index (χ0v) is 21.9. The predicted molar refractivity (Wildman–Crippen MR) is 142 cm³/mol. The third kappa shape index (κ3) is 6.04. The third-order valence-corrected chi connectivity index (χ3v) is 7.89. The Morgan fingerprint density at radius 2 is 1.55 bits per heavy atom. The minimum atomic E-state index is -3.61. The number of hydrogen-bond acceptors (Lipinski definition) is 7. The molecule has 4 rings (SSSR count). The molecule has 3 aromatic carbocycles. The van der Waals surface area contributed by atoms with Crippen molar-refractivity contribution in [3.05, 3.63) is 90.2 Å². The van der Waals surface area contributed by atoms with E-state index < -0.39 is 28.5 Å². The number of amides is 1. The van der Waals surface area contributed by atoms with Crippen LogP contribution in [0.1, 0.15) is 30.0 Å². The Morgan fingerprint density at radius 1 is 0.895 bits per heavy atom. The van der Waals surface area contributed by atoms with Gasteiger partial charge in [0.1, 0.15) is 17.9 Å². The van der Waals surface area contributed by atoms with Gasteiger partial charge in [-0.1, -0.05) is 50.2 Å². The van der Waals surface area contributed by atoms with Crippen molar-refractivity contribution in [1.82, 2.24) is 4.31 Å². The molecular weight excluding hydrogens is 508 g/mol. The van der Waals surface area contributed by atoms with E-state index in [0.717, 1.165) is 0 Å². The van der Waals surface area contributed by atoms with Crippen molar-refractivity contribution in [2.45, 2.75) is 25.3 Å². The second-order valence-corrected chi connectivity index (χ2v) is 10.2. The van der Waals surface area contributed by atoms with Crippen molar-refractivity contribution in [2.75, 3.05) is 25.0 Å². The Labute approximate surface area is 221 Å². The summed E-state index contributed by atoms with van der Waals surface area (Å²) in [7, 11) is -3.61. The maximum Gasteiger partial charge on any atom is 0.375 e. The number of ether oxygens (including phenoxy) is 2. The van der Waals surface area contributed by atoms with E-state index in [-0.39, 0.29) is 17.3 Å². The molecule has 1 heterocycles. The van der Waals surface area contributed by atoms with E-state index in [1.165, 1.54) is 28.6 Å². The standard InChI is InChI=1S/C28H28N2O7S/c1-3-30(4-2)38(33,34)22-16-14-20(15-17-22)29-26(31)19-36-28(32)27-24(18-35-21-10-6-5-7-11-21)23-12-8-9-13-25(23)37-27/h5-17H,3-4,18-19H2,1-2H3,(H,29,31). The van der Waals surface area contributed by atoms with Gasteiger partial charge in [-0.15, -0.1) is 0 Å². The first kappa shape index (κ1) is 26.9. The molecule has 0 aliphatic heterocycles. The van der Waals surface area contributed by atoms with E-state index in [1.54, 1.807) is 38.1 Å². The monoisotopic (exact) mass is 536 g/mol. The molecule has 0 saturated carbocycles. The molecule has 0 aliphatic rings. The van der Waals surface area contributed by atoms with E-state index in [2.05, 4.69) is 5.32 Å². The first-order valence-corrected chi connectivity index (χ1v) is 13.5. The fourth-order valence-corrected chi connectivity index (χ4v) is 5.35. The molecule has 0 fully saturated rings. The van der Waals surface area contributed by atoms with Gasteiger partial charge in [-0.2, -0.15) is 4.31 Å². The maximum atomic E-state index is 12.9. The van der Waals surface area contributed by atoms with Crippen molar-refractivity contribution in [3.63, 3.8) is 0 Å². The molecule has 0 spiro atoms. The van der Waals surface area contributed by atoms with Crippen LogP contribution < -0.4 is 10.1 Å². The molecule has 0 aliphatic carbocycles. The Kier molecular flexibility index (Phi) is 8.45. The molecule has 10 heteroatoms. The Hall–Kier alpha value is -4.15. The van der Waals surface area contributed by atoms with E-state index in [4.69, 9.17) is 13.9 Å². The number of carbonyl (C=O) groups is 2. The normalized spacial score (nSPS) is 11.4. The highest BCUT2D eigenvalue weighted by molar-refractivity contribution is 7.89. The number of furan rings is 1. The lowest BCUT2D eigenvalue weighted by atomic mass is 10.1. The highest BCUT2D eigenvalue weighted by Crippen LogP contribution is 2.28. The van der Waals surface area contributed by atoms with Gasteiger partial charge in [-0.05, 0) is 42.5 Å². The largest absolute Gasteiger partial charge is 0.489 e. The summed E-state index contributed by atoms with van der Waals surface area (Å²) in [6.45, 7) is 3.75. The highest BCUT2D eigenvalue weighted by Gasteiger charge is 2.24. The van der Waals surface area contributed by atoms with Crippen LogP contribution in [-0.4, -0.2) is 44.3 Å². The van der Waals surface area contributed by atoms with E-state index >= 15 is 0 Å². The number of fused-ring (bicyclic) bond motifs is 1. The molecule has 1 aromatic heterocycles. The van der Waals surface area contributed by atoms with Crippen molar-refractivity contribution < 1.29 is 31.9 Å². The quantitative estimate of drug-likeness (QED) is 0.273. The summed E-state index contributed by atoms with van der Waals surface area (Å²) in [5.41, 5.74) is 1.38. The van der Waals surface area contributed by atoms with Gasteiger partial charge in [-0.3, -0.25) is 4.79 Å². The number of rotatable bonds is 11. The number of sulfonamides is 1. The molecule has 9 nitrogen and oxygen atoms in total. The predicted octanol–water partition coefficient (Wildman–Crippen LogP) is 4.84. The molecular formula is C28H28N2O7S. The fraction of sp³-hybridized carbons (Fsp3) is 0.214. The number of para-hydroxylation sites is 2. The zero-order valence-electron chi connectivity index (χ0n) is 21.0. The van der Waals surface area contributed by atoms with Crippen molar-refractivity contribution in [3.8, 4) is 5.75 Å². The second-order valence-electron chi connectivity index (χ2n) is 8.25. The van der Waals surface area contributed by atoms with E-state index in [9.17, 15) is 18.0 Å². The van der Waals surface area contributed by atoms with Crippen LogP contribution in [0.2, 0.25) is 0 Å². The van der Waals surface area contributed by atoms with Gasteiger partial charge < -0.3 is 19.2 Å². The summed E-state index contributed by atoms with van der Waals surface area (Å²) in [6.07, 6.45) is 0. The molecule has 1 amide bonds. The average molecular weight is 537 g/mol. The average Bonchev–Trinajstić information content (AvgIpc) is 3.30. The van der Waals surface area contributed by atoms with Crippen molar-refractivity contribution in [2.24, 2.45) is 0 Å². The zero-order chi connectivity index (χ0) is 27.1. The van der Waals surface area contributed by atoms with Gasteiger partial charge in [-0.25, -0.2) is 13.2 Å². The molecule has 0 saturated heterocycles. The van der Waals surface area contributed by atoms with Crippen LogP contribution in [0.4, 0.5) is 5.69 Å². The van der Waals surface area contributed by atoms with Crippen LogP contribution in [0.25, 0.3) is 11.0 Å². The van der Waals surface area contributed by atoms with Crippen LogP contribution in [0.15, 0.2) is 88.2 Å². The molecule has 198 valence electrons. The first-order chi connectivity index (χ1) is 18.3. The minimum Gasteiger partial charge on any atom is -0.489 e. The molecule has 1 N–H and O–H groups in total. The first-order valence-electron chi connectivity index (χ1n) is 12.1. The molecule has 38 heavy (non-hydrogen) atoms. The summed E-state index contributed by atoms with van der Waals surface area (Å²) in [6, 6.07) is 22.1. The lowest BCUT2D eigenvalue weighted by Crippen LogP contribution is -2.30. The van der Waals surface area contributed by atoms with Gasteiger partial charge in [0.15, 0.2) is 6.61 Å².